The number of benzene rings is 2. The fraction of sp³-hybridized carbons (Fsp3) is 0.190. The van der Waals surface area contributed by atoms with Gasteiger partial charge in [-0.25, -0.2) is 4.79 Å². The summed E-state index contributed by atoms with van der Waals surface area (Å²) in [5.41, 5.74) is 6.18. The molecule has 0 aliphatic heterocycles. The van der Waals surface area contributed by atoms with Crippen LogP contribution in [0, 0.1) is 11.3 Å². The highest BCUT2D eigenvalue weighted by atomic mass is 16.5. The van der Waals surface area contributed by atoms with Gasteiger partial charge >= 0.3 is 5.97 Å². The average molecular weight is 317 g/mol. The lowest BCUT2D eigenvalue weighted by Gasteiger charge is -2.07. The summed E-state index contributed by atoms with van der Waals surface area (Å²) in [6.45, 7) is 4.12. The van der Waals surface area contributed by atoms with Gasteiger partial charge in [0.05, 0.1) is 23.8 Å². The van der Waals surface area contributed by atoms with E-state index in [4.69, 9.17) is 10.00 Å². The molecule has 3 heteroatoms. The van der Waals surface area contributed by atoms with Gasteiger partial charge in [-0.1, -0.05) is 36.9 Å². The van der Waals surface area contributed by atoms with Gasteiger partial charge in [0, 0.05) is 5.57 Å². The predicted octanol–water partition coefficient (Wildman–Crippen LogP) is 4.75. The minimum absolute atomic E-state index is 0.359. The van der Waals surface area contributed by atoms with Crippen LogP contribution in [0.1, 0.15) is 40.7 Å². The molecule has 24 heavy (non-hydrogen) atoms. The van der Waals surface area contributed by atoms with Crippen molar-refractivity contribution in [2.75, 3.05) is 6.61 Å². The first-order valence-electron chi connectivity index (χ1n) is 7.86. The molecule has 0 amide bonds. The lowest BCUT2D eigenvalue weighted by Crippen LogP contribution is -2.06. The van der Waals surface area contributed by atoms with E-state index in [0.29, 0.717) is 17.7 Å². The Hall–Kier alpha value is -3.08. The smallest absolute Gasteiger partial charge is 0.338 e. The van der Waals surface area contributed by atoms with Crippen LogP contribution in [0.15, 0.2) is 66.9 Å². The zero-order valence-electron chi connectivity index (χ0n) is 13.5. The highest BCUT2D eigenvalue weighted by Crippen LogP contribution is 2.19. The average Bonchev–Trinajstić information content (AvgIpc) is 2.65. The number of carbonyl (C=O) groups excluding carboxylic acids is 1. The van der Waals surface area contributed by atoms with Crippen LogP contribution in [0.4, 0.5) is 0 Å². The van der Waals surface area contributed by atoms with Crippen molar-refractivity contribution in [3.63, 3.8) is 0 Å². The number of ether oxygens (including phenoxy) is 1. The minimum atomic E-state index is -0.359. The zero-order chi connectivity index (χ0) is 17.2. The summed E-state index contributed by atoms with van der Waals surface area (Å²) < 4.78 is 5.26. The van der Waals surface area contributed by atoms with Crippen molar-refractivity contribution >= 4 is 11.5 Å². The number of nitriles is 1. The van der Waals surface area contributed by atoms with Crippen molar-refractivity contribution in [1.82, 2.24) is 0 Å². The molecule has 0 heterocycles. The van der Waals surface area contributed by atoms with Gasteiger partial charge in [0.2, 0.25) is 0 Å². The van der Waals surface area contributed by atoms with E-state index in [2.05, 4.69) is 12.3 Å². The number of carbonyl (C=O) groups is 1. The van der Waals surface area contributed by atoms with Gasteiger partial charge in [-0.3, -0.25) is 0 Å². The van der Waals surface area contributed by atoms with E-state index in [1.165, 1.54) is 0 Å². The third-order valence-electron chi connectivity index (χ3n) is 3.64. The standard InChI is InChI=1S/C21H19NO2/c1-2-18(19-9-4-3-5-10-19)8-6-7-15-24-21(23)20-13-11-17(16-22)12-14-20/h3-5,9-14H,1,6-8,15H2. The van der Waals surface area contributed by atoms with Crippen molar-refractivity contribution in [2.24, 2.45) is 0 Å². The normalized spacial score (nSPS) is 9.62. The molecular weight excluding hydrogens is 298 g/mol. The van der Waals surface area contributed by atoms with E-state index in [1.54, 1.807) is 24.3 Å². The number of allylic oxidation sites excluding steroid dienone is 1. The molecule has 0 radical (unpaired) electrons. The number of nitrogens with zero attached hydrogens (tertiary/aromatic N) is 1. The Morgan fingerprint density at radius 3 is 2.33 bits per heavy atom. The summed E-state index contributed by atoms with van der Waals surface area (Å²) in [7, 11) is 0. The van der Waals surface area contributed by atoms with E-state index < -0.39 is 0 Å². The molecule has 0 saturated heterocycles. The maximum absolute atomic E-state index is 11.9. The Bertz CT molecular complexity index is 764. The third-order valence-corrected chi connectivity index (χ3v) is 3.64. The van der Waals surface area contributed by atoms with Gasteiger partial charge < -0.3 is 4.74 Å². The molecule has 0 aliphatic rings. The van der Waals surface area contributed by atoms with Gasteiger partial charge in [-0.15, -0.1) is 5.73 Å². The molecule has 120 valence electrons. The summed E-state index contributed by atoms with van der Waals surface area (Å²) in [4.78, 5) is 11.9. The summed E-state index contributed by atoms with van der Waals surface area (Å²) in [6.07, 6.45) is 2.52. The molecule has 0 saturated carbocycles. The highest BCUT2D eigenvalue weighted by Gasteiger charge is 2.07. The van der Waals surface area contributed by atoms with E-state index in [-0.39, 0.29) is 5.97 Å². The second-order valence-electron chi connectivity index (χ2n) is 5.30. The van der Waals surface area contributed by atoms with Crippen LogP contribution < -0.4 is 0 Å². The second kappa shape index (κ2) is 9.15. The van der Waals surface area contributed by atoms with Crippen LogP contribution in [-0.4, -0.2) is 12.6 Å². The molecule has 0 aliphatic carbocycles. The molecule has 0 unspecified atom stereocenters. The lowest BCUT2D eigenvalue weighted by molar-refractivity contribution is 0.0499. The van der Waals surface area contributed by atoms with Gasteiger partial charge in [0.15, 0.2) is 0 Å². The molecule has 3 nitrogen and oxygen atoms in total. The molecule has 2 rings (SSSR count). The first-order chi connectivity index (χ1) is 11.7. The van der Waals surface area contributed by atoms with Gasteiger partial charge in [-0.05, 0) is 49.1 Å². The maximum Gasteiger partial charge on any atom is 0.338 e. The highest BCUT2D eigenvalue weighted by molar-refractivity contribution is 5.89. The van der Waals surface area contributed by atoms with E-state index in [9.17, 15) is 4.79 Å². The molecule has 0 atom stereocenters. The fourth-order valence-electron chi connectivity index (χ4n) is 2.31. The topological polar surface area (TPSA) is 50.1 Å². The third kappa shape index (κ3) is 4.98. The van der Waals surface area contributed by atoms with Crippen molar-refractivity contribution in [1.29, 1.82) is 5.26 Å². The van der Waals surface area contributed by atoms with Crippen LogP contribution in [0.5, 0.6) is 0 Å². The van der Waals surface area contributed by atoms with Crippen LogP contribution in [0.2, 0.25) is 0 Å². The molecule has 0 fully saturated rings. The number of unbranched alkanes of at least 4 members (excludes halogenated alkanes) is 1. The maximum atomic E-state index is 11.9. The Morgan fingerprint density at radius 2 is 1.71 bits per heavy atom. The molecule has 0 N–H and O–H groups in total. The molecular formula is C21H19NO2. The lowest BCUT2D eigenvalue weighted by atomic mass is 10.0. The summed E-state index contributed by atoms with van der Waals surface area (Å²) in [5.74, 6) is -0.359. The van der Waals surface area contributed by atoms with E-state index in [1.807, 2.05) is 36.4 Å². The fourth-order valence-corrected chi connectivity index (χ4v) is 2.31. The van der Waals surface area contributed by atoms with Gasteiger partial charge in [0.1, 0.15) is 0 Å². The van der Waals surface area contributed by atoms with Crippen molar-refractivity contribution in [3.8, 4) is 6.07 Å². The van der Waals surface area contributed by atoms with Crippen molar-refractivity contribution < 1.29 is 9.53 Å². The first kappa shape index (κ1) is 17.3. The monoisotopic (exact) mass is 317 g/mol. The molecule has 0 aromatic heterocycles. The number of esters is 1. The first-order valence-corrected chi connectivity index (χ1v) is 7.86. The minimum Gasteiger partial charge on any atom is -0.462 e. The largest absolute Gasteiger partial charge is 0.462 e. The Kier molecular flexibility index (Phi) is 6.58. The Morgan fingerprint density at radius 1 is 1.00 bits per heavy atom. The molecule has 2 aromatic rings. The number of rotatable bonds is 7. The van der Waals surface area contributed by atoms with Crippen LogP contribution in [0.3, 0.4) is 0 Å². The van der Waals surface area contributed by atoms with E-state index >= 15 is 0 Å². The summed E-state index contributed by atoms with van der Waals surface area (Å²) in [6, 6.07) is 18.5. The van der Waals surface area contributed by atoms with Gasteiger partial charge in [0.25, 0.3) is 0 Å². The zero-order valence-corrected chi connectivity index (χ0v) is 13.5. The molecule has 0 spiro atoms. The SMILES string of the molecule is C=C=C(CCCCOC(=O)c1ccc(C#N)cc1)c1ccccc1. The second-order valence-corrected chi connectivity index (χ2v) is 5.30. The molecule has 0 bridgehead atoms. The Labute approximate surface area is 142 Å². The number of hydrogen-bond donors (Lipinski definition) is 0. The van der Waals surface area contributed by atoms with Crippen molar-refractivity contribution in [2.45, 2.75) is 19.3 Å². The quantitative estimate of drug-likeness (QED) is 0.420. The molecule has 2 aromatic carbocycles. The number of hydrogen-bond acceptors (Lipinski definition) is 3. The predicted molar refractivity (Wildman–Crippen MR) is 94.3 cm³/mol. The van der Waals surface area contributed by atoms with Crippen LogP contribution in [-0.2, 0) is 4.74 Å². The van der Waals surface area contributed by atoms with Gasteiger partial charge in [-0.2, -0.15) is 5.26 Å². The van der Waals surface area contributed by atoms with E-state index in [0.717, 1.165) is 30.4 Å². The van der Waals surface area contributed by atoms with Crippen LogP contribution in [0.25, 0.3) is 5.57 Å². The van der Waals surface area contributed by atoms with Crippen molar-refractivity contribution in [3.05, 3.63) is 83.6 Å². The van der Waals surface area contributed by atoms with Crippen LogP contribution >= 0.6 is 0 Å². The Balaban J connectivity index is 1.73. The summed E-state index contributed by atoms with van der Waals surface area (Å²) >= 11 is 0. The summed E-state index contributed by atoms with van der Waals surface area (Å²) in [5, 5.41) is 8.74.